The number of benzene rings is 1. The van der Waals surface area contributed by atoms with E-state index in [4.69, 9.17) is 16.3 Å². The van der Waals surface area contributed by atoms with Gasteiger partial charge in [-0.1, -0.05) is 17.6 Å². The zero-order chi connectivity index (χ0) is 17.9. The molecule has 1 heterocycles. The molecule has 1 aromatic carbocycles. The van der Waals surface area contributed by atoms with Crippen molar-refractivity contribution in [3.05, 3.63) is 45.0 Å². The molecule has 0 aromatic heterocycles. The molecule has 0 radical (unpaired) electrons. The van der Waals surface area contributed by atoms with Crippen LogP contribution in [0.25, 0.3) is 0 Å². The van der Waals surface area contributed by atoms with E-state index in [1.165, 1.54) is 0 Å². The molecule has 24 heavy (non-hydrogen) atoms. The number of hydrogen-bond donors (Lipinski definition) is 1. The highest BCUT2D eigenvalue weighted by molar-refractivity contribution is 5.97. The zero-order valence-corrected chi connectivity index (χ0v) is 13.6. The number of allylic oxidation sites excluding steroid dienone is 2. The first-order valence-corrected chi connectivity index (χ1v) is 7.50. The van der Waals surface area contributed by atoms with Crippen LogP contribution in [0.15, 0.2) is 11.6 Å². The minimum atomic E-state index is -0.860. The first-order valence-electron chi connectivity index (χ1n) is 7.50. The molecule has 0 atom stereocenters. The van der Waals surface area contributed by atoms with Gasteiger partial charge in [-0.15, -0.1) is 6.42 Å². The lowest BCUT2D eigenvalue weighted by atomic mass is 9.87. The summed E-state index contributed by atoms with van der Waals surface area (Å²) in [5.74, 6) is 1.26. The fourth-order valence-electron chi connectivity index (χ4n) is 2.81. The number of rotatable bonds is 5. The van der Waals surface area contributed by atoms with Crippen molar-refractivity contribution in [3.8, 4) is 18.4 Å². The molecule has 0 saturated heterocycles. The first-order chi connectivity index (χ1) is 11.4. The fourth-order valence-corrected chi connectivity index (χ4v) is 2.81. The SMILES string of the molecule is C#Cc1c(C)c2c(c(C#N)c1C/C=C(\C)CCC(=O)O)C(=O)OC2. The quantitative estimate of drug-likeness (QED) is 0.511. The van der Waals surface area contributed by atoms with Crippen LogP contribution in [0.5, 0.6) is 0 Å². The van der Waals surface area contributed by atoms with Gasteiger partial charge >= 0.3 is 11.9 Å². The van der Waals surface area contributed by atoms with Gasteiger partial charge in [0.2, 0.25) is 0 Å². The molecule has 5 heteroatoms. The molecule has 0 aliphatic carbocycles. The van der Waals surface area contributed by atoms with Gasteiger partial charge in [-0.25, -0.2) is 4.79 Å². The summed E-state index contributed by atoms with van der Waals surface area (Å²) in [5.41, 5.74) is 4.14. The Morgan fingerprint density at radius 1 is 1.42 bits per heavy atom. The van der Waals surface area contributed by atoms with Crippen molar-refractivity contribution >= 4 is 11.9 Å². The van der Waals surface area contributed by atoms with Crippen molar-refractivity contribution in [2.24, 2.45) is 0 Å². The summed E-state index contributed by atoms with van der Waals surface area (Å²) in [6.07, 6.45) is 8.32. The van der Waals surface area contributed by atoms with Crippen LogP contribution < -0.4 is 0 Å². The van der Waals surface area contributed by atoms with Crippen LogP contribution in [0.2, 0.25) is 0 Å². The number of carboxylic acid groups (broad SMARTS) is 1. The Kier molecular flexibility index (Phi) is 5.06. The summed E-state index contributed by atoms with van der Waals surface area (Å²) < 4.78 is 5.05. The molecule has 1 aliphatic heterocycles. The van der Waals surface area contributed by atoms with Gasteiger partial charge in [0.05, 0.1) is 11.1 Å². The second-order valence-corrected chi connectivity index (χ2v) is 5.69. The van der Waals surface area contributed by atoms with Crippen LogP contribution >= 0.6 is 0 Å². The molecule has 122 valence electrons. The number of carboxylic acids is 1. The lowest BCUT2D eigenvalue weighted by Gasteiger charge is -2.13. The Morgan fingerprint density at radius 2 is 2.12 bits per heavy atom. The molecule has 0 bridgehead atoms. The number of fused-ring (bicyclic) bond motifs is 1. The number of carbonyl (C=O) groups excluding carboxylic acids is 1. The molecule has 1 N–H and O–H groups in total. The molecule has 0 saturated carbocycles. The van der Waals surface area contributed by atoms with E-state index in [1.807, 2.05) is 19.9 Å². The Hall–Kier alpha value is -3.05. The van der Waals surface area contributed by atoms with Crippen LogP contribution in [-0.2, 0) is 22.6 Å². The van der Waals surface area contributed by atoms with Gasteiger partial charge in [-0.05, 0) is 37.8 Å². The zero-order valence-electron chi connectivity index (χ0n) is 13.6. The summed E-state index contributed by atoms with van der Waals surface area (Å²) in [4.78, 5) is 22.6. The highest BCUT2D eigenvalue weighted by Crippen LogP contribution is 2.33. The van der Waals surface area contributed by atoms with Gasteiger partial charge in [-0.2, -0.15) is 5.26 Å². The van der Waals surface area contributed by atoms with E-state index in [1.54, 1.807) is 0 Å². The molecule has 0 spiro atoms. The van der Waals surface area contributed by atoms with Crippen LogP contribution in [-0.4, -0.2) is 17.0 Å². The minimum Gasteiger partial charge on any atom is -0.481 e. The Balaban J connectivity index is 2.49. The van der Waals surface area contributed by atoms with Gasteiger partial charge in [-0.3, -0.25) is 4.79 Å². The predicted octanol–water partition coefficient (Wildman–Crippen LogP) is 2.87. The third-order valence-corrected chi connectivity index (χ3v) is 4.18. The summed E-state index contributed by atoms with van der Waals surface area (Å²) in [5, 5.41) is 18.3. The maximum Gasteiger partial charge on any atom is 0.340 e. The molecular weight excluding hydrogens is 306 g/mol. The minimum absolute atomic E-state index is 0.0466. The van der Waals surface area contributed by atoms with Crippen molar-refractivity contribution in [3.63, 3.8) is 0 Å². The number of hydrogen-bond acceptors (Lipinski definition) is 4. The van der Waals surface area contributed by atoms with Crippen LogP contribution in [0, 0.1) is 30.6 Å². The summed E-state index contributed by atoms with van der Waals surface area (Å²) in [6, 6.07) is 2.08. The standard InChI is InChI=1S/C19H17NO4/c1-4-13-12(3)16-10-24-19(23)18(16)15(9-20)14(13)7-5-11(2)6-8-17(21)22/h1,5H,6-8,10H2,2-3H3,(H,21,22)/b11-5+. The van der Waals surface area contributed by atoms with Crippen molar-refractivity contribution in [2.45, 2.75) is 39.7 Å². The monoisotopic (exact) mass is 323 g/mol. The number of cyclic esters (lactones) is 1. The predicted molar refractivity (Wildman–Crippen MR) is 87.3 cm³/mol. The maximum absolute atomic E-state index is 12.0. The van der Waals surface area contributed by atoms with Gasteiger partial charge < -0.3 is 9.84 Å². The topological polar surface area (TPSA) is 87.4 Å². The number of esters is 1. The van der Waals surface area contributed by atoms with Crippen molar-refractivity contribution in [2.75, 3.05) is 0 Å². The Bertz CT molecular complexity index is 835. The van der Waals surface area contributed by atoms with E-state index in [9.17, 15) is 14.9 Å². The number of nitrogens with zero attached hydrogens (tertiary/aromatic N) is 1. The highest BCUT2D eigenvalue weighted by atomic mass is 16.5. The van der Waals surface area contributed by atoms with E-state index in [2.05, 4.69) is 12.0 Å². The number of ether oxygens (including phenoxy) is 1. The van der Waals surface area contributed by atoms with E-state index >= 15 is 0 Å². The van der Waals surface area contributed by atoms with Crippen LogP contribution in [0.3, 0.4) is 0 Å². The largest absolute Gasteiger partial charge is 0.481 e. The molecule has 2 rings (SSSR count). The van der Waals surface area contributed by atoms with E-state index in [0.717, 1.165) is 11.1 Å². The van der Waals surface area contributed by atoms with Gasteiger partial charge in [0.1, 0.15) is 12.7 Å². The third-order valence-electron chi connectivity index (χ3n) is 4.18. The molecule has 1 aromatic rings. The van der Waals surface area contributed by atoms with Crippen LogP contribution in [0.4, 0.5) is 0 Å². The third kappa shape index (κ3) is 3.16. The molecular formula is C19H17NO4. The fraction of sp³-hybridized carbons (Fsp3) is 0.316. The Labute approximate surface area is 140 Å². The molecule has 1 aliphatic rings. The maximum atomic E-state index is 12.0. The highest BCUT2D eigenvalue weighted by Gasteiger charge is 2.30. The molecule has 0 unspecified atom stereocenters. The second kappa shape index (κ2) is 7.02. The number of nitriles is 1. The summed E-state index contributed by atoms with van der Waals surface area (Å²) >= 11 is 0. The lowest BCUT2D eigenvalue weighted by Crippen LogP contribution is -2.07. The van der Waals surface area contributed by atoms with Gasteiger partial charge in [0.15, 0.2) is 0 Å². The van der Waals surface area contributed by atoms with E-state index < -0.39 is 11.9 Å². The normalized spacial score (nSPS) is 13.0. The molecule has 0 amide bonds. The van der Waals surface area contributed by atoms with Crippen LogP contribution in [0.1, 0.15) is 57.9 Å². The average molecular weight is 323 g/mol. The summed E-state index contributed by atoms with van der Waals surface area (Å²) in [7, 11) is 0. The smallest absolute Gasteiger partial charge is 0.340 e. The number of terminal acetylenes is 1. The average Bonchev–Trinajstić information content (AvgIpc) is 2.93. The van der Waals surface area contributed by atoms with E-state index in [0.29, 0.717) is 35.1 Å². The lowest BCUT2D eigenvalue weighted by molar-refractivity contribution is -0.136. The second-order valence-electron chi connectivity index (χ2n) is 5.69. The van der Waals surface area contributed by atoms with Gasteiger partial charge in [0.25, 0.3) is 0 Å². The number of carbonyl (C=O) groups is 2. The van der Waals surface area contributed by atoms with Gasteiger partial charge in [0, 0.05) is 17.5 Å². The first kappa shape index (κ1) is 17.3. The van der Waals surface area contributed by atoms with E-state index in [-0.39, 0.29) is 18.6 Å². The van der Waals surface area contributed by atoms with Crippen molar-refractivity contribution < 1.29 is 19.4 Å². The summed E-state index contributed by atoms with van der Waals surface area (Å²) in [6.45, 7) is 3.79. The number of aliphatic carboxylic acids is 1. The molecule has 0 fully saturated rings. The Morgan fingerprint density at radius 3 is 2.71 bits per heavy atom. The van der Waals surface area contributed by atoms with Crippen molar-refractivity contribution in [1.82, 2.24) is 0 Å². The van der Waals surface area contributed by atoms with Crippen molar-refractivity contribution in [1.29, 1.82) is 5.26 Å². The molecule has 5 nitrogen and oxygen atoms in total.